The van der Waals surface area contributed by atoms with E-state index in [4.69, 9.17) is 16.3 Å². The van der Waals surface area contributed by atoms with Gasteiger partial charge in [0.2, 0.25) is 10.0 Å². The number of fused-ring (bicyclic) bond motifs is 1. The molecule has 2 aromatic carbocycles. The molecule has 0 saturated heterocycles. The van der Waals surface area contributed by atoms with E-state index in [0.29, 0.717) is 38.6 Å². The van der Waals surface area contributed by atoms with E-state index in [0.717, 1.165) is 0 Å². The normalized spacial score (nSPS) is 11.7. The molecule has 2 heterocycles. The van der Waals surface area contributed by atoms with Crippen molar-refractivity contribution in [1.82, 2.24) is 24.5 Å². The van der Waals surface area contributed by atoms with Gasteiger partial charge in [0.15, 0.2) is 11.5 Å². The van der Waals surface area contributed by atoms with Crippen LogP contribution in [0.1, 0.15) is 11.4 Å². The topological polar surface area (TPSA) is 98.5 Å². The van der Waals surface area contributed by atoms with Gasteiger partial charge in [0.25, 0.3) is 0 Å². The molecule has 0 saturated carbocycles. The summed E-state index contributed by atoms with van der Waals surface area (Å²) in [6.45, 7) is 0.110. The highest BCUT2D eigenvalue weighted by Gasteiger charge is 2.15. The second-order valence-corrected chi connectivity index (χ2v) is 10.0. The Bertz CT molecular complexity index is 1360. The number of ether oxygens (including phenoxy) is 1. The highest BCUT2D eigenvalue weighted by atomic mass is 35.5. The van der Waals surface area contributed by atoms with Crippen molar-refractivity contribution >= 4 is 39.0 Å². The fourth-order valence-electron chi connectivity index (χ4n) is 3.00. The van der Waals surface area contributed by atoms with Gasteiger partial charge in [0.1, 0.15) is 16.6 Å². The van der Waals surface area contributed by atoms with Gasteiger partial charge in [0.05, 0.1) is 12.0 Å². The van der Waals surface area contributed by atoms with Crippen molar-refractivity contribution < 1.29 is 17.5 Å². The number of aromatic nitrogens is 4. The fourth-order valence-corrected chi connectivity index (χ4v) is 5.23. The number of hydrogen-bond donors (Lipinski definition) is 1. The predicted octanol–water partition coefficient (Wildman–Crippen LogP) is 3.74. The van der Waals surface area contributed by atoms with Crippen molar-refractivity contribution in [2.75, 3.05) is 13.7 Å². The average Bonchev–Trinajstić information content (AvgIpc) is 3.21. The monoisotopic (exact) mass is 507 g/mol. The Labute approximate surface area is 199 Å². The van der Waals surface area contributed by atoms with Crippen molar-refractivity contribution in [1.29, 1.82) is 0 Å². The third kappa shape index (κ3) is 5.44. The van der Waals surface area contributed by atoms with E-state index < -0.39 is 10.0 Å². The highest BCUT2D eigenvalue weighted by Crippen LogP contribution is 2.27. The largest absolute Gasteiger partial charge is 0.497 e. The van der Waals surface area contributed by atoms with E-state index in [1.165, 1.54) is 37.1 Å². The molecule has 4 rings (SSSR count). The molecule has 12 heteroatoms. The lowest BCUT2D eigenvalue weighted by Gasteiger charge is -2.08. The molecule has 0 amide bonds. The second-order valence-electron chi connectivity index (χ2n) is 6.87. The van der Waals surface area contributed by atoms with Gasteiger partial charge in [-0.25, -0.2) is 17.5 Å². The zero-order valence-corrected chi connectivity index (χ0v) is 19.8. The maximum absolute atomic E-state index is 14.0. The Balaban J connectivity index is 1.43. The molecule has 0 unspecified atom stereocenters. The van der Waals surface area contributed by atoms with Crippen LogP contribution in [0.3, 0.4) is 0 Å². The van der Waals surface area contributed by atoms with Crippen LogP contribution in [0.25, 0.3) is 5.65 Å². The molecule has 1 N–H and O–H groups in total. The second kappa shape index (κ2) is 10.0. The van der Waals surface area contributed by atoms with Crippen LogP contribution in [-0.4, -0.2) is 41.9 Å². The lowest BCUT2D eigenvalue weighted by molar-refractivity contribution is 0.414. The van der Waals surface area contributed by atoms with Gasteiger partial charge in [-0.1, -0.05) is 29.4 Å². The number of thioether (sulfide) groups is 1. The van der Waals surface area contributed by atoms with Gasteiger partial charge >= 0.3 is 0 Å². The Kier molecular flexibility index (Phi) is 7.13. The van der Waals surface area contributed by atoms with E-state index in [2.05, 4.69) is 20.0 Å². The van der Waals surface area contributed by atoms with Gasteiger partial charge in [-0.3, -0.25) is 0 Å². The third-order valence-electron chi connectivity index (χ3n) is 4.74. The number of benzene rings is 2. The van der Waals surface area contributed by atoms with E-state index >= 15 is 0 Å². The van der Waals surface area contributed by atoms with Gasteiger partial charge in [0, 0.05) is 29.3 Å². The third-order valence-corrected chi connectivity index (χ3v) is 7.52. The number of sulfonamides is 1. The van der Waals surface area contributed by atoms with Crippen molar-refractivity contribution in [3.8, 4) is 5.75 Å². The summed E-state index contributed by atoms with van der Waals surface area (Å²) in [5, 5.41) is 13.7. The molecule has 0 radical (unpaired) electrons. The van der Waals surface area contributed by atoms with Crippen molar-refractivity contribution in [2.24, 2.45) is 0 Å². The predicted molar refractivity (Wildman–Crippen MR) is 124 cm³/mol. The van der Waals surface area contributed by atoms with Crippen LogP contribution >= 0.6 is 23.4 Å². The first-order valence-electron chi connectivity index (χ1n) is 9.78. The minimum atomic E-state index is -3.68. The minimum absolute atomic E-state index is 0.110. The maximum Gasteiger partial charge on any atom is 0.240 e. The molecule has 8 nitrogen and oxygen atoms in total. The van der Waals surface area contributed by atoms with E-state index in [9.17, 15) is 12.8 Å². The van der Waals surface area contributed by atoms with Crippen LogP contribution in [0.5, 0.6) is 5.75 Å². The van der Waals surface area contributed by atoms with Crippen LogP contribution in [0.15, 0.2) is 64.5 Å². The number of hydrogen-bond acceptors (Lipinski definition) is 7. The molecular weight excluding hydrogens is 489 g/mol. The molecule has 172 valence electrons. The molecule has 33 heavy (non-hydrogen) atoms. The Morgan fingerprint density at radius 2 is 1.91 bits per heavy atom. The molecule has 2 aromatic heterocycles. The first kappa shape index (κ1) is 23.4. The van der Waals surface area contributed by atoms with Crippen LogP contribution in [-0.2, 0) is 22.2 Å². The average molecular weight is 508 g/mol. The summed E-state index contributed by atoms with van der Waals surface area (Å²) in [5.41, 5.74) is 0.930. The molecule has 4 aromatic rings. The standard InChI is InChI=1S/C21H19ClFN5O3S2/c1-31-14-5-7-15(8-6-14)33(29,30)24-12-11-20-26-25-19-9-10-21(27-28(19)20)32-13-16-17(22)3-2-4-18(16)23/h2-10,24H,11-13H2,1H3. The summed E-state index contributed by atoms with van der Waals surface area (Å²) in [7, 11) is -2.17. The zero-order chi connectivity index (χ0) is 23.4. The van der Waals surface area contributed by atoms with Crippen molar-refractivity contribution in [2.45, 2.75) is 22.1 Å². The van der Waals surface area contributed by atoms with Gasteiger partial charge < -0.3 is 4.74 Å². The Morgan fingerprint density at radius 1 is 1.12 bits per heavy atom. The van der Waals surface area contributed by atoms with Gasteiger partial charge in [-0.2, -0.15) is 9.61 Å². The quantitative estimate of drug-likeness (QED) is 0.344. The van der Waals surface area contributed by atoms with Crippen LogP contribution < -0.4 is 9.46 Å². The molecule has 0 aliphatic rings. The van der Waals surface area contributed by atoms with Gasteiger partial charge in [-0.15, -0.1) is 10.2 Å². The lowest BCUT2D eigenvalue weighted by atomic mass is 10.2. The molecule has 0 spiro atoms. The summed E-state index contributed by atoms with van der Waals surface area (Å²) < 4.78 is 48.2. The van der Waals surface area contributed by atoms with E-state index in [-0.39, 0.29) is 23.7 Å². The summed E-state index contributed by atoms with van der Waals surface area (Å²) >= 11 is 7.41. The van der Waals surface area contributed by atoms with Crippen LogP contribution in [0.4, 0.5) is 4.39 Å². The van der Waals surface area contributed by atoms with E-state index in [1.807, 2.05) is 0 Å². The molecule has 0 bridgehead atoms. The Hall–Kier alpha value is -2.73. The molecule has 0 fully saturated rings. The van der Waals surface area contributed by atoms with Crippen molar-refractivity contribution in [3.63, 3.8) is 0 Å². The maximum atomic E-state index is 14.0. The lowest BCUT2D eigenvalue weighted by Crippen LogP contribution is -2.26. The smallest absolute Gasteiger partial charge is 0.240 e. The zero-order valence-electron chi connectivity index (χ0n) is 17.4. The first-order chi connectivity index (χ1) is 15.9. The van der Waals surface area contributed by atoms with E-state index in [1.54, 1.807) is 40.9 Å². The molecule has 0 aliphatic heterocycles. The number of methoxy groups -OCH3 is 1. The summed E-state index contributed by atoms with van der Waals surface area (Å²) in [6.07, 6.45) is 0.275. The van der Waals surface area contributed by atoms with Crippen LogP contribution in [0, 0.1) is 5.82 Å². The molecule has 0 atom stereocenters. The molecular formula is C21H19ClFN5O3S2. The van der Waals surface area contributed by atoms with Crippen molar-refractivity contribution in [3.05, 3.63) is 76.8 Å². The summed E-state index contributed by atoms with van der Waals surface area (Å²) in [6, 6.07) is 14.2. The van der Waals surface area contributed by atoms with Crippen LogP contribution in [0.2, 0.25) is 5.02 Å². The summed E-state index contributed by atoms with van der Waals surface area (Å²) in [4.78, 5) is 0.137. The SMILES string of the molecule is COc1ccc(S(=O)(=O)NCCc2nnc3ccc(SCc4c(F)cccc4Cl)nn23)cc1. The molecule has 0 aliphatic carbocycles. The van der Waals surface area contributed by atoms with Gasteiger partial charge in [-0.05, 0) is 48.5 Å². The highest BCUT2D eigenvalue weighted by molar-refractivity contribution is 7.98. The number of rotatable bonds is 9. The number of nitrogens with zero attached hydrogens (tertiary/aromatic N) is 4. The number of halogens is 2. The summed E-state index contributed by atoms with van der Waals surface area (Å²) in [5.74, 6) is 1.00. The number of nitrogens with one attached hydrogen (secondary N) is 1. The minimum Gasteiger partial charge on any atom is -0.497 e. The fraction of sp³-hybridized carbons (Fsp3) is 0.190. The Morgan fingerprint density at radius 3 is 2.64 bits per heavy atom. The first-order valence-corrected chi connectivity index (χ1v) is 12.6.